The molecular weight excluding hydrogens is 456 g/mol. The molecule has 1 aliphatic heterocycles. The van der Waals surface area contributed by atoms with E-state index >= 15 is 0 Å². The number of fused-ring (bicyclic) bond motifs is 1. The SMILES string of the molecule is COc1ccc(C(=O)Nc2nnc(SCC(=O)Nc3ccc4c(c3)OCO4)s2)c(OC)c1. The first-order valence-electron chi connectivity index (χ1n) is 9.25. The Kier molecular flexibility index (Phi) is 6.61. The summed E-state index contributed by atoms with van der Waals surface area (Å²) < 4.78 is 21.5. The van der Waals surface area contributed by atoms with Crippen molar-refractivity contribution in [2.75, 3.05) is 37.4 Å². The lowest BCUT2D eigenvalue weighted by molar-refractivity contribution is -0.113. The third kappa shape index (κ3) is 5.03. The Morgan fingerprint density at radius 2 is 1.91 bits per heavy atom. The molecule has 1 aromatic heterocycles. The third-order valence-corrected chi connectivity index (χ3v) is 6.24. The molecule has 0 aliphatic carbocycles. The summed E-state index contributed by atoms with van der Waals surface area (Å²) in [5, 5.41) is 13.8. The molecule has 2 amide bonds. The molecule has 2 N–H and O–H groups in total. The summed E-state index contributed by atoms with van der Waals surface area (Å²) in [6.45, 7) is 0.170. The number of hydrogen-bond donors (Lipinski definition) is 2. The first kappa shape index (κ1) is 21.7. The molecule has 0 radical (unpaired) electrons. The van der Waals surface area contributed by atoms with Crippen molar-refractivity contribution in [2.45, 2.75) is 4.34 Å². The second-order valence-electron chi connectivity index (χ2n) is 6.30. The lowest BCUT2D eigenvalue weighted by atomic mass is 10.2. The lowest BCUT2D eigenvalue weighted by Crippen LogP contribution is -2.13. The van der Waals surface area contributed by atoms with Gasteiger partial charge in [0.05, 0.1) is 25.5 Å². The number of anilines is 2. The predicted molar refractivity (Wildman–Crippen MR) is 119 cm³/mol. The number of amides is 2. The molecule has 166 valence electrons. The largest absolute Gasteiger partial charge is 0.497 e. The Balaban J connectivity index is 1.31. The Morgan fingerprint density at radius 1 is 1.06 bits per heavy atom. The first-order valence-corrected chi connectivity index (χ1v) is 11.0. The van der Waals surface area contributed by atoms with Crippen LogP contribution in [-0.2, 0) is 4.79 Å². The summed E-state index contributed by atoms with van der Waals surface area (Å²) in [6, 6.07) is 10.1. The number of carbonyl (C=O) groups excluding carboxylic acids is 2. The minimum atomic E-state index is -0.391. The summed E-state index contributed by atoms with van der Waals surface area (Å²) in [5.41, 5.74) is 0.944. The van der Waals surface area contributed by atoms with Gasteiger partial charge in [0.1, 0.15) is 11.5 Å². The molecule has 0 fully saturated rings. The summed E-state index contributed by atoms with van der Waals surface area (Å²) in [4.78, 5) is 24.8. The zero-order chi connectivity index (χ0) is 22.5. The van der Waals surface area contributed by atoms with Crippen LogP contribution in [0.15, 0.2) is 40.7 Å². The number of rotatable bonds is 8. The van der Waals surface area contributed by atoms with Gasteiger partial charge in [0.15, 0.2) is 15.8 Å². The highest BCUT2D eigenvalue weighted by atomic mass is 32.2. The van der Waals surface area contributed by atoms with Crippen LogP contribution in [0.25, 0.3) is 0 Å². The Bertz CT molecular complexity index is 1150. The molecule has 1 aliphatic rings. The summed E-state index contributed by atoms with van der Waals surface area (Å²) in [6.07, 6.45) is 0. The number of aromatic nitrogens is 2. The average molecular weight is 475 g/mol. The normalized spacial score (nSPS) is 11.7. The Morgan fingerprint density at radius 3 is 2.72 bits per heavy atom. The number of benzene rings is 2. The van der Waals surface area contributed by atoms with Gasteiger partial charge in [0.25, 0.3) is 5.91 Å². The van der Waals surface area contributed by atoms with Gasteiger partial charge in [-0.2, -0.15) is 0 Å². The molecule has 32 heavy (non-hydrogen) atoms. The highest BCUT2D eigenvalue weighted by molar-refractivity contribution is 8.01. The van der Waals surface area contributed by atoms with E-state index in [-0.39, 0.29) is 18.5 Å². The highest BCUT2D eigenvalue weighted by Crippen LogP contribution is 2.34. The lowest BCUT2D eigenvalue weighted by Gasteiger charge is -2.09. The second kappa shape index (κ2) is 9.75. The maximum absolute atomic E-state index is 12.6. The molecule has 0 bridgehead atoms. The van der Waals surface area contributed by atoms with Crippen molar-refractivity contribution in [1.29, 1.82) is 0 Å². The van der Waals surface area contributed by atoms with Gasteiger partial charge in [-0.1, -0.05) is 23.1 Å². The van der Waals surface area contributed by atoms with Crippen LogP contribution in [-0.4, -0.2) is 48.8 Å². The topological polar surface area (TPSA) is 121 Å². The fraction of sp³-hybridized carbons (Fsp3) is 0.200. The number of thioether (sulfide) groups is 1. The molecule has 10 nitrogen and oxygen atoms in total. The molecule has 0 saturated carbocycles. The average Bonchev–Trinajstić information content (AvgIpc) is 3.46. The fourth-order valence-corrected chi connectivity index (χ4v) is 4.31. The third-order valence-electron chi connectivity index (χ3n) is 4.26. The van der Waals surface area contributed by atoms with Gasteiger partial charge >= 0.3 is 0 Å². The van der Waals surface area contributed by atoms with E-state index in [0.717, 1.165) is 0 Å². The van der Waals surface area contributed by atoms with Crippen LogP contribution in [0, 0.1) is 0 Å². The van der Waals surface area contributed by atoms with E-state index < -0.39 is 5.91 Å². The maximum Gasteiger partial charge on any atom is 0.261 e. The van der Waals surface area contributed by atoms with E-state index in [9.17, 15) is 9.59 Å². The summed E-state index contributed by atoms with van der Waals surface area (Å²) in [7, 11) is 3.00. The maximum atomic E-state index is 12.6. The Labute approximate surface area is 191 Å². The van der Waals surface area contributed by atoms with Gasteiger partial charge in [0, 0.05) is 17.8 Å². The van der Waals surface area contributed by atoms with E-state index in [1.54, 1.807) is 36.4 Å². The van der Waals surface area contributed by atoms with Crippen molar-refractivity contribution in [2.24, 2.45) is 0 Å². The number of nitrogens with zero attached hydrogens (tertiary/aromatic N) is 2. The van der Waals surface area contributed by atoms with Crippen LogP contribution < -0.4 is 29.6 Å². The van der Waals surface area contributed by atoms with Gasteiger partial charge in [-0.25, -0.2) is 0 Å². The molecule has 0 spiro atoms. The van der Waals surface area contributed by atoms with E-state index in [1.165, 1.54) is 37.3 Å². The van der Waals surface area contributed by atoms with Crippen molar-refractivity contribution >= 4 is 45.7 Å². The number of methoxy groups -OCH3 is 2. The molecule has 2 aromatic carbocycles. The van der Waals surface area contributed by atoms with Crippen molar-refractivity contribution in [3.05, 3.63) is 42.0 Å². The van der Waals surface area contributed by atoms with Crippen molar-refractivity contribution in [3.63, 3.8) is 0 Å². The number of ether oxygens (including phenoxy) is 4. The van der Waals surface area contributed by atoms with Gasteiger partial charge < -0.3 is 24.3 Å². The minimum Gasteiger partial charge on any atom is -0.497 e. The molecule has 0 atom stereocenters. The van der Waals surface area contributed by atoms with Crippen LogP contribution in [0.3, 0.4) is 0 Å². The molecule has 0 saturated heterocycles. The molecule has 0 unspecified atom stereocenters. The van der Waals surface area contributed by atoms with Gasteiger partial charge in [0.2, 0.25) is 17.8 Å². The summed E-state index contributed by atoms with van der Waals surface area (Å²) >= 11 is 2.38. The highest BCUT2D eigenvalue weighted by Gasteiger charge is 2.17. The standard InChI is InChI=1S/C20H18N4O6S2/c1-27-12-4-5-13(15(8-12)28-2)18(26)22-19-23-24-20(32-19)31-9-17(25)21-11-3-6-14-16(7-11)30-10-29-14/h3-8H,9-10H2,1-2H3,(H,21,25)(H,22,23,26). The van der Waals surface area contributed by atoms with Crippen molar-refractivity contribution in [3.8, 4) is 23.0 Å². The zero-order valence-corrected chi connectivity index (χ0v) is 18.7. The van der Waals surface area contributed by atoms with E-state index in [4.69, 9.17) is 18.9 Å². The van der Waals surface area contributed by atoms with E-state index in [0.29, 0.717) is 43.7 Å². The molecular formula is C20H18N4O6S2. The van der Waals surface area contributed by atoms with E-state index in [2.05, 4.69) is 20.8 Å². The van der Waals surface area contributed by atoms with E-state index in [1.807, 2.05) is 0 Å². The zero-order valence-electron chi connectivity index (χ0n) is 17.0. The van der Waals surface area contributed by atoms with Crippen LogP contribution in [0.4, 0.5) is 10.8 Å². The fourth-order valence-electron chi connectivity index (χ4n) is 2.77. The first-order chi connectivity index (χ1) is 15.6. The van der Waals surface area contributed by atoms with Crippen molar-refractivity contribution in [1.82, 2.24) is 10.2 Å². The monoisotopic (exact) mass is 474 g/mol. The second-order valence-corrected chi connectivity index (χ2v) is 8.50. The minimum absolute atomic E-state index is 0.128. The van der Waals surface area contributed by atoms with Crippen LogP contribution in [0.2, 0.25) is 0 Å². The van der Waals surface area contributed by atoms with Gasteiger partial charge in [-0.05, 0) is 24.3 Å². The molecule has 2 heterocycles. The Hall–Kier alpha value is -3.51. The van der Waals surface area contributed by atoms with Crippen LogP contribution >= 0.6 is 23.1 Å². The number of carbonyl (C=O) groups is 2. The summed E-state index contributed by atoms with van der Waals surface area (Å²) in [5.74, 6) is 1.72. The molecule has 4 rings (SSSR count). The van der Waals surface area contributed by atoms with Gasteiger partial charge in [-0.15, -0.1) is 10.2 Å². The smallest absolute Gasteiger partial charge is 0.261 e. The molecule has 3 aromatic rings. The molecule has 12 heteroatoms. The van der Waals surface area contributed by atoms with Crippen molar-refractivity contribution < 1.29 is 28.5 Å². The number of hydrogen-bond acceptors (Lipinski definition) is 10. The number of nitrogens with one attached hydrogen (secondary N) is 2. The quantitative estimate of drug-likeness (QED) is 0.374. The van der Waals surface area contributed by atoms with Crippen LogP contribution in [0.5, 0.6) is 23.0 Å². The predicted octanol–water partition coefficient (Wildman–Crippen LogP) is 3.27. The van der Waals surface area contributed by atoms with Crippen LogP contribution in [0.1, 0.15) is 10.4 Å². The van der Waals surface area contributed by atoms with Gasteiger partial charge in [-0.3, -0.25) is 14.9 Å².